The van der Waals surface area contributed by atoms with Crippen LogP contribution in [0.3, 0.4) is 0 Å². The van der Waals surface area contributed by atoms with Gasteiger partial charge in [0.1, 0.15) is 0 Å². The second kappa shape index (κ2) is 8.17. The molecule has 0 saturated carbocycles. The molecule has 2 heterocycles. The van der Waals surface area contributed by atoms with Crippen LogP contribution in [0.25, 0.3) is 5.69 Å². The van der Waals surface area contributed by atoms with E-state index in [0.29, 0.717) is 18.8 Å². The molecule has 1 atom stereocenters. The highest BCUT2D eigenvalue weighted by Crippen LogP contribution is 2.28. The fourth-order valence-corrected chi connectivity index (χ4v) is 3.94. The van der Waals surface area contributed by atoms with Crippen LogP contribution in [-0.2, 0) is 0 Å². The number of rotatable bonds is 4. The minimum absolute atomic E-state index is 0.0141. The van der Waals surface area contributed by atoms with Crippen molar-refractivity contribution in [2.75, 3.05) is 26.2 Å². The molecule has 1 aliphatic rings. The Hall–Kier alpha value is -2.63. The molecule has 0 bridgehead atoms. The van der Waals surface area contributed by atoms with Gasteiger partial charge in [-0.25, -0.2) is 4.68 Å². The number of hydrogen-bond donors (Lipinski definition) is 0. The summed E-state index contributed by atoms with van der Waals surface area (Å²) in [5.41, 5.74) is 2.56. The maximum atomic E-state index is 12.9. The largest absolute Gasteiger partial charge is 0.335 e. The van der Waals surface area contributed by atoms with Gasteiger partial charge < -0.3 is 4.90 Å². The van der Waals surface area contributed by atoms with Crippen molar-refractivity contribution in [1.82, 2.24) is 19.6 Å². The van der Waals surface area contributed by atoms with Crippen LogP contribution >= 0.6 is 11.6 Å². The highest BCUT2D eigenvalue weighted by atomic mass is 35.5. The summed E-state index contributed by atoms with van der Waals surface area (Å²) in [5.74, 6) is -0.0141. The molecule has 0 N–H and O–H groups in total. The molecule has 1 fully saturated rings. The third kappa shape index (κ3) is 3.81. The monoisotopic (exact) mass is 394 g/mol. The number of benzene rings is 2. The molecule has 144 valence electrons. The van der Waals surface area contributed by atoms with Gasteiger partial charge in [0.25, 0.3) is 5.91 Å². The number of aromatic nitrogens is 2. The third-order valence-corrected chi connectivity index (χ3v) is 5.68. The Morgan fingerprint density at radius 3 is 2.36 bits per heavy atom. The van der Waals surface area contributed by atoms with E-state index in [1.165, 1.54) is 0 Å². The van der Waals surface area contributed by atoms with Crippen LogP contribution in [0.15, 0.2) is 66.9 Å². The number of nitrogens with zero attached hydrogens (tertiary/aromatic N) is 4. The second-order valence-electron chi connectivity index (χ2n) is 7.01. The molecule has 1 saturated heterocycles. The Bertz CT molecular complexity index is 948. The third-order valence-electron chi connectivity index (χ3n) is 5.33. The summed E-state index contributed by atoms with van der Waals surface area (Å²) in [5, 5.41) is 5.25. The van der Waals surface area contributed by atoms with Crippen LogP contribution < -0.4 is 0 Å². The molecule has 6 heteroatoms. The lowest BCUT2D eigenvalue weighted by atomic mass is 10.1. The molecule has 3 aromatic rings. The number of carbonyl (C=O) groups is 1. The van der Waals surface area contributed by atoms with Gasteiger partial charge in [-0.15, -0.1) is 0 Å². The van der Waals surface area contributed by atoms with Crippen molar-refractivity contribution in [3.63, 3.8) is 0 Å². The van der Waals surface area contributed by atoms with E-state index >= 15 is 0 Å². The van der Waals surface area contributed by atoms with E-state index in [1.807, 2.05) is 59.6 Å². The molecule has 1 unspecified atom stereocenters. The minimum Gasteiger partial charge on any atom is -0.335 e. The molecule has 0 aliphatic carbocycles. The van der Waals surface area contributed by atoms with Gasteiger partial charge >= 0.3 is 0 Å². The van der Waals surface area contributed by atoms with E-state index in [4.69, 9.17) is 11.6 Å². The van der Waals surface area contributed by atoms with E-state index in [-0.39, 0.29) is 11.9 Å². The van der Waals surface area contributed by atoms with Gasteiger partial charge in [-0.1, -0.05) is 48.0 Å². The molecule has 0 radical (unpaired) electrons. The predicted octanol–water partition coefficient (Wildman–Crippen LogP) is 4.04. The summed E-state index contributed by atoms with van der Waals surface area (Å²) in [4.78, 5) is 17.1. The number of amides is 1. The molecule has 28 heavy (non-hydrogen) atoms. The van der Waals surface area contributed by atoms with Crippen LogP contribution in [0.1, 0.15) is 29.0 Å². The van der Waals surface area contributed by atoms with E-state index in [0.717, 1.165) is 29.4 Å². The van der Waals surface area contributed by atoms with E-state index in [9.17, 15) is 4.79 Å². The molecular weight excluding hydrogens is 372 g/mol. The highest BCUT2D eigenvalue weighted by molar-refractivity contribution is 6.31. The van der Waals surface area contributed by atoms with Gasteiger partial charge in [0, 0.05) is 43.4 Å². The standard InChI is InChI=1S/C22H23ClN4O/c1-17(19-9-5-6-10-20(19)23)25-13-15-26(16-14-25)22(28)21-11-12-27(24-21)18-7-3-2-4-8-18/h2-12,17H,13-16H2,1H3. The van der Waals surface area contributed by atoms with Crippen molar-refractivity contribution in [3.05, 3.63) is 83.1 Å². The lowest BCUT2D eigenvalue weighted by Gasteiger charge is -2.38. The van der Waals surface area contributed by atoms with Crippen molar-refractivity contribution in [3.8, 4) is 5.69 Å². The topological polar surface area (TPSA) is 41.4 Å². The van der Waals surface area contributed by atoms with Crippen molar-refractivity contribution in [1.29, 1.82) is 0 Å². The molecule has 4 rings (SSSR count). The minimum atomic E-state index is -0.0141. The molecule has 1 amide bonds. The number of piperazine rings is 1. The lowest BCUT2D eigenvalue weighted by molar-refractivity contribution is 0.0576. The second-order valence-corrected chi connectivity index (χ2v) is 7.41. The van der Waals surface area contributed by atoms with Crippen LogP contribution in [-0.4, -0.2) is 51.7 Å². The first kappa shape index (κ1) is 18.7. The zero-order valence-electron chi connectivity index (χ0n) is 15.8. The molecule has 5 nitrogen and oxygen atoms in total. The zero-order chi connectivity index (χ0) is 19.5. The lowest BCUT2D eigenvalue weighted by Crippen LogP contribution is -2.49. The van der Waals surface area contributed by atoms with Gasteiger partial charge in [-0.05, 0) is 36.8 Å². The van der Waals surface area contributed by atoms with Gasteiger partial charge in [0.05, 0.1) is 5.69 Å². The fourth-order valence-electron chi connectivity index (χ4n) is 3.65. The normalized spacial score (nSPS) is 16.1. The molecule has 2 aromatic carbocycles. The van der Waals surface area contributed by atoms with Crippen LogP contribution in [0.2, 0.25) is 5.02 Å². The smallest absolute Gasteiger partial charge is 0.274 e. The first-order valence-corrected chi connectivity index (χ1v) is 9.90. The van der Waals surface area contributed by atoms with Gasteiger partial charge in [0.15, 0.2) is 5.69 Å². The summed E-state index contributed by atoms with van der Waals surface area (Å²) in [7, 11) is 0. The molecule has 0 spiro atoms. The number of halogens is 1. The zero-order valence-corrected chi connectivity index (χ0v) is 16.6. The van der Waals surface area contributed by atoms with Gasteiger partial charge in [-0.3, -0.25) is 9.69 Å². The highest BCUT2D eigenvalue weighted by Gasteiger charge is 2.27. The summed E-state index contributed by atoms with van der Waals surface area (Å²) >= 11 is 6.35. The van der Waals surface area contributed by atoms with Crippen molar-refractivity contribution >= 4 is 17.5 Å². The number of hydrogen-bond acceptors (Lipinski definition) is 3. The Kier molecular flexibility index (Phi) is 5.46. The maximum Gasteiger partial charge on any atom is 0.274 e. The Morgan fingerprint density at radius 1 is 0.964 bits per heavy atom. The average molecular weight is 395 g/mol. The maximum absolute atomic E-state index is 12.9. The number of carbonyl (C=O) groups excluding carboxylic acids is 1. The summed E-state index contributed by atoms with van der Waals surface area (Å²) in [6.45, 7) is 5.17. The van der Waals surface area contributed by atoms with Crippen LogP contribution in [0.5, 0.6) is 0 Å². The van der Waals surface area contributed by atoms with Gasteiger partial charge in [0.2, 0.25) is 0 Å². The fraction of sp³-hybridized carbons (Fsp3) is 0.273. The van der Waals surface area contributed by atoms with Gasteiger partial charge in [-0.2, -0.15) is 5.10 Å². The Labute approximate surface area is 170 Å². The van der Waals surface area contributed by atoms with E-state index < -0.39 is 0 Å². The first-order chi connectivity index (χ1) is 13.6. The van der Waals surface area contributed by atoms with E-state index in [2.05, 4.69) is 23.0 Å². The molecular formula is C22H23ClN4O. The van der Waals surface area contributed by atoms with Crippen LogP contribution in [0.4, 0.5) is 0 Å². The Balaban J connectivity index is 1.39. The number of para-hydroxylation sites is 1. The van der Waals surface area contributed by atoms with E-state index in [1.54, 1.807) is 10.7 Å². The quantitative estimate of drug-likeness (QED) is 0.670. The summed E-state index contributed by atoms with van der Waals surface area (Å²) in [6, 6.07) is 19.8. The average Bonchev–Trinajstić information content (AvgIpc) is 3.24. The first-order valence-electron chi connectivity index (χ1n) is 9.52. The SMILES string of the molecule is CC(c1ccccc1Cl)N1CCN(C(=O)c2ccn(-c3ccccc3)n2)CC1. The molecule has 1 aromatic heterocycles. The van der Waals surface area contributed by atoms with Crippen LogP contribution in [0, 0.1) is 0 Å². The predicted molar refractivity (Wildman–Crippen MR) is 111 cm³/mol. The van der Waals surface area contributed by atoms with Crippen molar-refractivity contribution in [2.45, 2.75) is 13.0 Å². The van der Waals surface area contributed by atoms with Crippen molar-refractivity contribution in [2.24, 2.45) is 0 Å². The molecule has 1 aliphatic heterocycles. The van der Waals surface area contributed by atoms with Crippen molar-refractivity contribution < 1.29 is 4.79 Å². The Morgan fingerprint density at radius 2 is 1.64 bits per heavy atom. The summed E-state index contributed by atoms with van der Waals surface area (Å²) in [6.07, 6.45) is 1.83. The summed E-state index contributed by atoms with van der Waals surface area (Å²) < 4.78 is 1.74.